The molecular weight excluding hydrogens is 915 g/mol. The van der Waals surface area contributed by atoms with Crippen LogP contribution in [0.25, 0.3) is 0 Å². The lowest BCUT2D eigenvalue weighted by Crippen LogP contribution is -2.61. The number of rotatable bonds is 19. The molecule has 9 amide bonds. The van der Waals surface area contributed by atoms with E-state index in [4.69, 9.17) is 17.2 Å². The molecule has 1 saturated heterocycles. The molecule has 25 nitrogen and oxygen atoms in total. The van der Waals surface area contributed by atoms with Crippen LogP contribution in [-0.4, -0.2) is 174 Å². The molecule has 1 aliphatic rings. The quantitative estimate of drug-likeness (QED) is 0.0613. The van der Waals surface area contributed by atoms with E-state index in [0.717, 1.165) is 0 Å². The van der Waals surface area contributed by atoms with Crippen molar-refractivity contribution < 1.29 is 58.5 Å². The molecule has 1 aromatic carbocycles. The maximum Gasteiger partial charge on any atom is 0.245 e. The molecule has 70 heavy (non-hydrogen) atoms. The number of hydrogen-bond donors (Lipinski definition) is 16. The maximum atomic E-state index is 14.3. The number of nitrogens with one attached hydrogen (secondary N) is 10. The predicted octanol–water partition coefficient (Wildman–Crippen LogP) is -6.16. The highest BCUT2D eigenvalue weighted by Crippen LogP contribution is 2.11. The van der Waals surface area contributed by atoms with Gasteiger partial charge in [0.2, 0.25) is 53.2 Å². The normalized spacial score (nSPS) is 24.6. The Bertz CT molecular complexity index is 1890. The Morgan fingerprint density at radius 2 is 1.11 bits per heavy atom. The van der Waals surface area contributed by atoms with Crippen LogP contribution in [0, 0.1) is 5.92 Å². The first-order valence-corrected chi connectivity index (χ1v) is 23.6. The van der Waals surface area contributed by atoms with E-state index < -0.39 is 139 Å². The molecule has 0 aliphatic carbocycles. The van der Waals surface area contributed by atoms with Gasteiger partial charge in [-0.1, -0.05) is 58.0 Å². The van der Waals surface area contributed by atoms with Gasteiger partial charge in [-0.3, -0.25) is 43.2 Å². The molecule has 19 N–H and O–H groups in total. The van der Waals surface area contributed by atoms with Crippen LogP contribution in [0.2, 0.25) is 0 Å². The van der Waals surface area contributed by atoms with Crippen LogP contribution in [-0.2, 0) is 49.6 Å². The van der Waals surface area contributed by atoms with Crippen LogP contribution in [0.15, 0.2) is 30.3 Å². The third-order valence-corrected chi connectivity index (χ3v) is 11.0. The van der Waals surface area contributed by atoms with Gasteiger partial charge in [-0.2, -0.15) is 0 Å². The molecule has 394 valence electrons. The summed E-state index contributed by atoms with van der Waals surface area (Å²) in [7, 11) is 0. The maximum absolute atomic E-state index is 14.3. The number of benzene rings is 1. The second kappa shape index (κ2) is 30.7. The number of hydrogen-bond acceptors (Lipinski definition) is 16. The average Bonchev–Trinajstić information content (AvgIpc) is 3.29. The van der Waals surface area contributed by atoms with Crippen molar-refractivity contribution in [3.8, 4) is 0 Å². The molecular formula is C45H77N13O12. The third-order valence-electron chi connectivity index (χ3n) is 11.0. The van der Waals surface area contributed by atoms with E-state index in [1.807, 2.05) is 0 Å². The van der Waals surface area contributed by atoms with Crippen LogP contribution in [0.4, 0.5) is 0 Å². The standard InChI is InChI=1S/C45H77N13O12/c1-23(2)20-32-41(66)53-28(12-16-46)37(62)52-30(14-18-48)40(65)58-35(25(5)60)44(69)49-19-15-31(54-43(68)34(22-59)57-45(70)36(26(6)61)50-24(3)4)39(64)51-29(13-17-47)38(63)56-33(42(67)55-32)21-27-10-8-7-9-11-27/h7-11,23-26,28-36,50,59-61H,12-22,46-48H2,1-6H3,(H,49,69)(H,51,64)(H,52,62)(H,53,66)(H,54,68)(H,55,67)(H,56,63)(H,57,70)(H,58,65)/t25-,26-,28+,29+,30+,31+,32+,33-,34-,35+,36+/m1/s1. The minimum atomic E-state index is -1.67. The van der Waals surface area contributed by atoms with E-state index in [-0.39, 0.29) is 63.7 Å². The summed E-state index contributed by atoms with van der Waals surface area (Å²) in [4.78, 5) is 125. The molecule has 0 saturated carbocycles. The minimum absolute atomic E-state index is 0.0668. The summed E-state index contributed by atoms with van der Waals surface area (Å²) in [5, 5.41) is 56.7. The average molecular weight is 992 g/mol. The topological polar surface area (TPSA) is 413 Å². The largest absolute Gasteiger partial charge is 0.394 e. The predicted molar refractivity (Wildman–Crippen MR) is 256 cm³/mol. The molecule has 0 aromatic heterocycles. The van der Waals surface area contributed by atoms with Crippen molar-refractivity contribution in [2.45, 2.75) is 153 Å². The Kier molecular flexibility index (Phi) is 26.4. The monoisotopic (exact) mass is 992 g/mol. The summed E-state index contributed by atoms with van der Waals surface area (Å²) in [5.41, 5.74) is 18.1. The Balaban J connectivity index is 2.73. The van der Waals surface area contributed by atoms with E-state index in [1.54, 1.807) is 58.0 Å². The highest BCUT2D eigenvalue weighted by molar-refractivity contribution is 5.98. The lowest BCUT2D eigenvalue weighted by atomic mass is 10.00. The minimum Gasteiger partial charge on any atom is -0.394 e. The van der Waals surface area contributed by atoms with Gasteiger partial charge in [0.15, 0.2) is 0 Å². The molecule has 25 heteroatoms. The first-order valence-electron chi connectivity index (χ1n) is 23.6. The molecule has 1 aliphatic heterocycles. The highest BCUT2D eigenvalue weighted by atomic mass is 16.3. The summed E-state index contributed by atoms with van der Waals surface area (Å²) in [6, 6.07) is -4.65. The SMILES string of the molecule is CC(C)C[C@@H]1NC(=O)[C@@H](Cc2ccccc2)NC(=O)[C@H](CCN)NC(=O)[C@@H](NC(=O)[C@@H](CO)NC(=O)[C@@H](NC(C)C)[C@@H](C)O)CCNC(=O)[C@H]([C@@H](C)O)NC(=O)[C@H](CCN)NC(=O)[C@H](CCN)NC1=O. The Morgan fingerprint density at radius 1 is 0.643 bits per heavy atom. The van der Waals surface area contributed by atoms with Crippen molar-refractivity contribution in [2.24, 2.45) is 23.1 Å². The number of aliphatic hydroxyl groups excluding tert-OH is 3. The highest BCUT2D eigenvalue weighted by Gasteiger charge is 2.36. The van der Waals surface area contributed by atoms with Crippen molar-refractivity contribution in [3.63, 3.8) is 0 Å². The number of amides is 9. The molecule has 1 aromatic rings. The third kappa shape index (κ3) is 20.3. The van der Waals surface area contributed by atoms with Crippen LogP contribution >= 0.6 is 0 Å². The number of carbonyl (C=O) groups is 9. The molecule has 11 atom stereocenters. The van der Waals surface area contributed by atoms with Crippen molar-refractivity contribution in [3.05, 3.63) is 35.9 Å². The van der Waals surface area contributed by atoms with E-state index >= 15 is 0 Å². The fourth-order valence-corrected chi connectivity index (χ4v) is 7.33. The van der Waals surface area contributed by atoms with E-state index in [1.165, 1.54) is 13.8 Å². The van der Waals surface area contributed by atoms with Crippen LogP contribution in [0.5, 0.6) is 0 Å². The summed E-state index contributed by atoms with van der Waals surface area (Å²) < 4.78 is 0. The Hall–Kier alpha value is -5.83. The zero-order valence-electron chi connectivity index (χ0n) is 40.9. The number of carbonyl (C=O) groups excluding carboxylic acids is 9. The Labute approximate surface area is 408 Å². The van der Waals surface area contributed by atoms with E-state index in [2.05, 4.69) is 53.2 Å². The van der Waals surface area contributed by atoms with Gasteiger partial charge < -0.3 is 85.7 Å². The first-order chi connectivity index (χ1) is 33.1. The molecule has 0 bridgehead atoms. The molecule has 0 radical (unpaired) electrons. The fourth-order valence-electron chi connectivity index (χ4n) is 7.33. The van der Waals surface area contributed by atoms with Gasteiger partial charge >= 0.3 is 0 Å². The van der Waals surface area contributed by atoms with Crippen molar-refractivity contribution >= 4 is 53.2 Å². The van der Waals surface area contributed by atoms with Crippen LogP contribution in [0.1, 0.15) is 79.2 Å². The molecule has 2 rings (SSSR count). The second-order valence-corrected chi connectivity index (χ2v) is 18.0. The van der Waals surface area contributed by atoms with Gasteiger partial charge in [-0.15, -0.1) is 0 Å². The summed E-state index contributed by atoms with van der Waals surface area (Å²) in [6.07, 6.45) is -3.67. The fraction of sp³-hybridized carbons (Fsp3) is 0.667. The molecule has 0 spiro atoms. The number of nitrogens with two attached hydrogens (primary N) is 3. The zero-order chi connectivity index (χ0) is 52.7. The second-order valence-electron chi connectivity index (χ2n) is 18.0. The molecule has 1 heterocycles. The first kappa shape index (κ1) is 60.3. The molecule has 0 unspecified atom stereocenters. The lowest BCUT2D eigenvalue weighted by molar-refractivity contribution is -0.136. The van der Waals surface area contributed by atoms with Gasteiger partial charge in [0.25, 0.3) is 0 Å². The smallest absolute Gasteiger partial charge is 0.245 e. The summed E-state index contributed by atoms with van der Waals surface area (Å²) >= 11 is 0. The van der Waals surface area contributed by atoms with Gasteiger partial charge in [-0.25, -0.2) is 0 Å². The molecule has 1 fully saturated rings. The van der Waals surface area contributed by atoms with E-state index in [9.17, 15) is 58.5 Å². The summed E-state index contributed by atoms with van der Waals surface area (Å²) in [5.74, 6) is -8.35. The number of aliphatic hydroxyl groups is 3. The van der Waals surface area contributed by atoms with Crippen molar-refractivity contribution in [2.75, 3.05) is 32.8 Å². The Morgan fingerprint density at radius 3 is 1.59 bits per heavy atom. The summed E-state index contributed by atoms with van der Waals surface area (Å²) in [6.45, 7) is 7.80. The van der Waals surface area contributed by atoms with Gasteiger partial charge in [0.1, 0.15) is 54.4 Å². The van der Waals surface area contributed by atoms with Crippen LogP contribution < -0.4 is 70.4 Å². The van der Waals surface area contributed by atoms with Crippen molar-refractivity contribution in [1.29, 1.82) is 0 Å². The lowest BCUT2D eigenvalue weighted by Gasteiger charge is -2.28. The van der Waals surface area contributed by atoms with Gasteiger partial charge in [0, 0.05) is 19.0 Å². The van der Waals surface area contributed by atoms with Crippen LogP contribution in [0.3, 0.4) is 0 Å². The van der Waals surface area contributed by atoms with E-state index in [0.29, 0.717) is 5.56 Å². The van der Waals surface area contributed by atoms with Gasteiger partial charge in [-0.05, 0) is 77.1 Å². The van der Waals surface area contributed by atoms with Crippen molar-refractivity contribution in [1.82, 2.24) is 53.2 Å². The van der Waals surface area contributed by atoms with Gasteiger partial charge in [0.05, 0.1) is 18.8 Å². The zero-order valence-corrected chi connectivity index (χ0v) is 40.9.